The van der Waals surface area contributed by atoms with Crippen molar-refractivity contribution in [3.8, 4) is 0 Å². The van der Waals surface area contributed by atoms with E-state index in [-0.39, 0.29) is 0 Å². The number of fused-ring (bicyclic) bond motifs is 1. The van der Waals surface area contributed by atoms with Crippen molar-refractivity contribution >= 4 is 16.9 Å². The maximum Gasteiger partial charge on any atom is 0.180 e. The van der Waals surface area contributed by atoms with Crippen LogP contribution in [0, 0.1) is 0 Å². The zero-order valence-corrected chi connectivity index (χ0v) is 12.2. The molecule has 3 aromatic rings. The Hall–Kier alpha value is -2.47. The zero-order valence-electron chi connectivity index (χ0n) is 12.2. The van der Waals surface area contributed by atoms with E-state index in [1.807, 2.05) is 30.5 Å². The normalized spacial score (nSPS) is 16.3. The molecule has 0 saturated carbocycles. The summed E-state index contributed by atoms with van der Waals surface area (Å²) in [5.41, 5.74) is 2.87. The van der Waals surface area contributed by atoms with Crippen LogP contribution in [0.1, 0.15) is 5.69 Å². The van der Waals surface area contributed by atoms with Crippen molar-refractivity contribution in [2.75, 3.05) is 31.1 Å². The van der Waals surface area contributed by atoms with Crippen molar-refractivity contribution in [3.05, 3.63) is 48.8 Å². The zero-order chi connectivity index (χ0) is 14.8. The number of rotatable bonds is 3. The fourth-order valence-electron chi connectivity index (χ4n) is 2.78. The number of oxazole rings is 1. The highest BCUT2D eigenvalue weighted by Crippen LogP contribution is 2.17. The van der Waals surface area contributed by atoms with E-state index in [1.54, 1.807) is 6.26 Å². The van der Waals surface area contributed by atoms with Crippen LogP contribution >= 0.6 is 0 Å². The minimum atomic E-state index is 0.841. The predicted octanol–water partition coefficient (Wildman–Crippen LogP) is 1.94. The van der Waals surface area contributed by atoms with E-state index < -0.39 is 0 Å². The van der Waals surface area contributed by atoms with Crippen molar-refractivity contribution in [1.82, 2.24) is 19.9 Å². The minimum Gasteiger partial charge on any atom is -0.451 e. The third-order valence-electron chi connectivity index (χ3n) is 4.00. The van der Waals surface area contributed by atoms with Crippen LogP contribution in [-0.2, 0) is 6.54 Å². The molecule has 0 bridgehead atoms. The molecule has 3 heterocycles. The van der Waals surface area contributed by atoms with Gasteiger partial charge in [-0.3, -0.25) is 9.88 Å². The first-order valence-electron chi connectivity index (χ1n) is 7.45. The molecule has 4 rings (SSSR count). The Morgan fingerprint density at radius 1 is 1.00 bits per heavy atom. The molecule has 1 fully saturated rings. The highest BCUT2D eigenvalue weighted by molar-refractivity contribution is 5.75. The molecule has 22 heavy (non-hydrogen) atoms. The van der Waals surface area contributed by atoms with E-state index in [9.17, 15) is 0 Å². The van der Waals surface area contributed by atoms with E-state index in [0.29, 0.717) is 0 Å². The molecule has 0 spiro atoms. The average molecular weight is 295 g/mol. The molecule has 0 radical (unpaired) electrons. The minimum absolute atomic E-state index is 0.841. The lowest BCUT2D eigenvalue weighted by Crippen LogP contribution is -2.46. The molecule has 1 aliphatic rings. The van der Waals surface area contributed by atoms with Gasteiger partial charge >= 0.3 is 0 Å². The topological polar surface area (TPSA) is 58.3 Å². The van der Waals surface area contributed by atoms with Gasteiger partial charge in [0, 0.05) is 32.7 Å². The van der Waals surface area contributed by atoms with Crippen LogP contribution in [0.4, 0.5) is 5.82 Å². The number of para-hydroxylation sites is 2. The van der Waals surface area contributed by atoms with E-state index in [2.05, 4.69) is 19.8 Å². The Kier molecular flexibility index (Phi) is 3.44. The standard InChI is InChI=1S/C16H17N5O/c1-2-4-15-14(3-1)17-9-16(19-15)21-7-5-20(6-8-21)10-13-11-22-12-18-13/h1-4,9,11-12H,5-8,10H2. The summed E-state index contributed by atoms with van der Waals surface area (Å²) in [6.45, 7) is 4.71. The summed E-state index contributed by atoms with van der Waals surface area (Å²) < 4.78 is 5.02. The van der Waals surface area contributed by atoms with Crippen LogP contribution in [0.15, 0.2) is 47.5 Å². The van der Waals surface area contributed by atoms with Gasteiger partial charge in [-0.25, -0.2) is 9.97 Å². The second-order valence-electron chi connectivity index (χ2n) is 5.46. The summed E-state index contributed by atoms with van der Waals surface area (Å²) in [4.78, 5) is 18.1. The maximum absolute atomic E-state index is 5.02. The summed E-state index contributed by atoms with van der Waals surface area (Å²) >= 11 is 0. The summed E-state index contributed by atoms with van der Waals surface area (Å²) in [6, 6.07) is 7.98. The molecule has 0 aliphatic carbocycles. The Bertz CT molecular complexity index is 750. The molecule has 1 aliphatic heterocycles. The first-order valence-corrected chi connectivity index (χ1v) is 7.45. The molecule has 0 atom stereocenters. The van der Waals surface area contributed by atoms with Gasteiger partial charge in [0.05, 0.1) is 22.9 Å². The van der Waals surface area contributed by atoms with Gasteiger partial charge in [0.15, 0.2) is 6.39 Å². The molecule has 6 heteroatoms. The van der Waals surface area contributed by atoms with Crippen molar-refractivity contribution in [3.63, 3.8) is 0 Å². The number of nitrogens with zero attached hydrogens (tertiary/aromatic N) is 5. The SMILES string of the molecule is c1ccc2nc(N3CCN(Cc4cocn4)CC3)cnc2c1. The van der Waals surface area contributed by atoms with Gasteiger partial charge in [0.2, 0.25) is 0 Å². The number of piperazine rings is 1. The molecule has 1 saturated heterocycles. The lowest BCUT2D eigenvalue weighted by molar-refractivity contribution is 0.246. The van der Waals surface area contributed by atoms with Gasteiger partial charge in [0.25, 0.3) is 0 Å². The van der Waals surface area contributed by atoms with Crippen molar-refractivity contribution in [2.45, 2.75) is 6.54 Å². The molecule has 2 aromatic heterocycles. The van der Waals surface area contributed by atoms with Gasteiger partial charge in [-0.15, -0.1) is 0 Å². The number of hydrogen-bond acceptors (Lipinski definition) is 6. The molecular formula is C16H17N5O. The fourth-order valence-corrected chi connectivity index (χ4v) is 2.78. The number of anilines is 1. The molecule has 6 nitrogen and oxygen atoms in total. The van der Waals surface area contributed by atoms with Crippen LogP contribution in [0.25, 0.3) is 11.0 Å². The Labute approximate surface area is 128 Å². The van der Waals surface area contributed by atoms with Crippen molar-refractivity contribution < 1.29 is 4.42 Å². The van der Waals surface area contributed by atoms with Gasteiger partial charge in [-0.1, -0.05) is 12.1 Å². The van der Waals surface area contributed by atoms with E-state index in [4.69, 9.17) is 9.40 Å². The van der Waals surface area contributed by atoms with Crippen LogP contribution in [-0.4, -0.2) is 46.0 Å². The first-order chi connectivity index (χ1) is 10.9. The highest BCUT2D eigenvalue weighted by atomic mass is 16.3. The van der Waals surface area contributed by atoms with Gasteiger partial charge in [0.1, 0.15) is 12.1 Å². The van der Waals surface area contributed by atoms with Crippen LogP contribution in [0.2, 0.25) is 0 Å². The lowest BCUT2D eigenvalue weighted by atomic mass is 10.3. The molecule has 0 N–H and O–H groups in total. The van der Waals surface area contributed by atoms with Crippen LogP contribution < -0.4 is 4.90 Å². The number of benzene rings is 1. The van der Waals surface area contributed by atoms with Crippen molar-refractivity contribution in [2.24, 2.45) is 0 Å². The van der Waals surface area contributed by atoms with Gasteiger partial charge < -0.3 is 9.32 Å². The molecule has 0 amide bonds. The predicted molar refractivity (Wildman–Crippen MR) is 83.5 cm³/mol. The first kappa shape index (κ1) is 13.2. The molecule has 1 aromatic carbocycles. The lowest BCUT2D eigenvalue weighted by Gasteiger charge is -2.34. The second-order valence-corrected chi connectivity index (χ2v) is 5.46. The Morgan fingerprint density at radius 3 is 2.59 bits per heavy atom. The number of aromatic nitrogens is 3. The molecule has 0 unspecified atom stereocenters. The van der Waals surface area contributed by atoms with Gasteiger partial charge in [-0.2, -0.15) is 0 Å². The maximum atomic E-state index is 5.02. The summed E-state index contributed by atoms with van der Waals surface area (Å²) in [7, 11) is 0. The smallest absolute Gasteiger partial charge is 0.180 e. The highest BCUT2D eigenvalue weighted by Gasteiger charge is 2.19. The summed E-state index contributed by atoms with van der Waals surface area (Å²) in [5.74, 6) is 0.958. The summed E-state index contributed by atoms with van der Waals surface area (Å²) in [6.07, 6.45) is 5.06. The second kappa shape index (κ2) is 5.73. The van der Waals surface area contributed by atoms with E-state index >= 15 is 0 Å². The van der Waals surface area contributed by atoms with E-state index in [1.165, 1.54) is 6.39 Å². The monoisotopic (exact) mass is 295 g/mol. The van der Waals surface area contributed by atoms with Crippen molar-refractivity contribution in [1.29, 1.82) is 0 Å². The van der Waals surface area contributed by atoms with Crippen LogP contribution in [0.3, 0.4) is 0 Å². The summed E-state index contributed by atoms with van der Waals surface area (Å²) in [5, 5.41) is 0. The Morgan fingerprint density at radius 2 is 1.82 bits per heavy atom. The Balaban J connectivity index is 1.43. The molecular weight excluding hydrogens is 278 g/mol. The number of hydrogen-bond donors (Lipinski definition) is 0. The van der Waals surface area contributed by atoms with Crippen LogP contribution in [0.5, 0.6) is 0 Å². The molecule has 112 valence electrons. The average Bonchev–Trinajstić information content (AvgIpc) is 3.08. The third-order valence-corrected chi connectivity index (χ3v) is 4.00. The third kappa shape index (κ3) is 2.65. The van der Waals surface area contributed by atoms with E-state index in [0.717, 1.165) is 55.3 Å². The fraction of sp³-hybridized carbons (Fsp3) is 0.312. The van der Waals surface area contributed by atoms with Gasteiger partial charge in [-0.05, 0) is 12.1 Å². The largest absolute Gasteiger partial charge is 0.451 e. The quantitative estimate of drug-likeness (QED) is 0.736.